The van der Waals surface area contributed by atoms with Gasteiger partial charge in [0.05, 0.1) is 8.07 Å². The average molecular weight is 309 g/mol. The van der Waals surface area contributed by atoms with Crippen LogP contribution < -0.4 is 0 Å². The number of rotatable bonds is 4. The molecule has 2 saturated carbocycles. The van der Waals surface area contributed by atoms with Crippen molar-refractivity contribution in [1.82, 2.24) is 0 Å². The maximum absolute atomic E-state index is 2.60. The normalized spacial score (nSPS) is 35.4. The van der Waals surface area contributed by atoms with Gasteiger partial charge < -0.3 is 0 Å². The predicted molar refractivity (Wildman–Crippen MR) is 98.7 cm³/mol. The van der Waals surface area contributed by atoms with Crippen LogP contribution in [0.1, 0.15) is 92.9 Å². The first-order valence-corrected chi connectivity index (χ1v) is 12.2. The molecule has 1 heteroatoms. The Hall–Kier alpha value is 0.217. The van der Waals surface area contributed by atoms with Crippen molar-refractivity contribution in [3.63, 3.8) is 0 Å². The maximum Gasteiger partial charge on any atom is 0.0649 e. The van der Waals surface area contributed by atoms with Crippen LogP contribution in [0.5, 0.6) is 0 Å². The lowest BCUT2D eigenvalue weighted by molar-refractivity contribution is 0.346. The van der Waals surface area contributed by atoms with Crippen LogP contribution in [0.15, 0.2) is 0 Å². The summed E-state index contributed by atoms with van der Waals surface area (Å²) >= 11 is 0. The Kier molecular flexibility index (Phi) is 6.02. The lowest BCUT2D eigenvalue weighted by Gasteiger charge is -2.54. The highest BCUT2D eigenvalue weighted by Crippen LogP contribution is 2.58. The van der Waals surface area contributed by atoms with E-state index in [-0.39, 0.29) is 0 Å². The molecule has 0 nitrogen and oxygen atoms in total. The SMILES string of the molecule is CC1CCC([Si](C(C)C)(C(C)C)C2CCC(C)CC2)CC1. The van der Waals surface area contributed by atoms with E-state index in [2.05, 4.69) is 41.5 Å². The van der Waals surface area contributed by atoms with E-state index >= 15 is 0 Å². The minimum atomic E-state index is -1.21. The van der Waals surface area contributed by atoms with Gasteiger partial charge in [0.1, 0.15) is 0 Å². The van der Waals surface area contributed by atoms with E-state index < -0.39 is 8.07 Å². The largest absolute Gasteiger partial charge is 0.0651 e. The lowest BCUT2D eigenvalue weighted by Crippen LogP contribution is -2.52. The van der Waals surface area contributed by atoms with Crippen molar-refractivity contribution in [1.29, 1.82) is 0 Å². The summed E-state index contributed by atoms with van der Waals surface area (Å²) in [7, 11) is -1.21. The second kappa shape index (κ2) is 7.19. The Bertz CT molecular complexity index is 272. The first kappa shape index (κ1) is 17.6. The molecule has 2 aliphatic carbocycles. The molecule has 2 fully saturated rings. The second-order valence-corrected chi connectivity index (χ2v) is 15.2. The quantitative estimate of drug-likeness (QED) is 0.474. The van der Waals surface area contributed by atoms with Crippen molar-refractivity contribution in [3.05, 3.63) is 0 Å². The van der Waals surface area contributed by atoms with Crippen molar-refractivity contribution in [2.24, 2.45) is 11.8 Å². The zero-order valence-corrected chi connectivity index (χ0v) is 16.6. The minimum absolute atomic E-state index is 0.981. The predicted octanol–water partition coefficient (Wildman–Crippen LogP) is 7.42. The number of hydrogen-bond acceptors (Lipinski definition) is 0. The van der Waals surface area contributed by atoms with Gasteiger partial charge in [0.25, 0.3) is 0 Å². The van der Waals surface area contributed by atoms with E-state index in [4.69, 9.17) is 0 Å². The molecule has 21 heavy (non-hydrogen) atoms. The van der Waals surface area contributed by atoms with Gasteiger partial charge in [0, 0.05) is 0 Å². The van der Waals surface area contributed by atoms with E-state index in [1.807, 2.05) is 0 Å². The molecule has 0 aromatic rings. The summed E-state index contributed by atoms with van der Waals surface area (Å²) in [6.45, 7) is 15.4. The van der Waals surface area contributed by atoms with Crippen LogP contribution in [0.4, 0.5) is 0 Å². The van der Waals surface area contributed by atoms with Crippen LogP contribution in [0.2, 0.25) is 22.2 Å². The number of hydrogen-bond donors (Lipinski definition) is 0. The summed E-state index contributed by atoms with van der Waals surface area (Å²) in [5.41, 5.74) is 4.22. The Morgan fingerprint density at radius 3 is 1.10 bits per heavy atom. The maximum atomic E-state index is 2.60. The van der Waals surface area contributed by atoms with Crippen LogP contribution in [-0.2, 0) is 0 Å². The van der Waals surface area contributed by atoms with E-state index in [1.54, 1.807) is 25.7 Å². The molecule has 124 valence electrons. The van der Waals surface area contributed by atoms with Gasteiger partial charge in [-0.15, -0.1) is 0 Å². The third-order valence-electron chi connectivity index (χ3n) is 7.45. The molecule has 0 heterocycles. The van der Waals surface area contributed by atoms with Crippen LogP contribution in [0.3, 0.4) is 0 Å². The Labute approximate surface area is 135 Å². The van der Waals surface area contributed by atoms with Crippen LogP contribution in [-0.4, -0.2) is 8.07 Å². The summed E-state index contributed by atoms with van der Waals surface area (Å²) < 4.78 is 0. The van der Waals surface area contributed by atoms with Gasteiger partial charge in [0.2, 0.25) is 0 Å². The van der Waals surface area contributed by atoms with Crippen LogP contribution in [0, 0.1) is 11.8 Å². The summed E-state index contributed by atoms with van der Waals surface area (Å²) in [5, 5.41) is 0. The Morgan fingerprint density at radius 1 is 0.571 bits per heavy atom. The molecule has 0 N–H and O–H groups in total. The molecule has 0 aromatic carbocycles. The smallest absolute Gasteiger partial charge is 0.0649 e. The van der Waals surface area contributed by atoms with E-state index in [1.165, 1.54) is 25.7 Å². The molecule has 0 unspecified atom stereocenters. The summed E-state index contributed by atoms with van der Waals surface area (Å²) in [5.74, 6) is 2.00. The Balaban J connectivity index is 2.25. The molecule has 0 saturated heterocycles. The highest BCUT2D eigenvalue weighted by atomic mass is 28.3. The first-order chi connectivity index (χ1) is 9.88. The Morgan fingerprint density at radius 2 is 0.857 bits per heavy atom. The van der Waals surface area contributed by atoms with Crippen molar-refractivity contribution in [3.8, 4) is 0 Å². The van der Waals surface area contributed by atoms with Crippen molar-refractivity contribution >= 4 is 8.07 Å². The lowest BCUT2D eigenvalue weighted by atomic mass is 9.90. The van der Waals surface area contributed by atoms with Crippen molar-refractivity contribution < 1.29 is 0 Å². The second-order valence-electron chi connectivity index (χ2n) is 9.22. The monoisotopic (exact) mass is 308 g/mol. The topological polar surface area (TPSA) is 0 Å². The van der Waals surface area contributed by atoms with Gasteiger partial charge in [-0.25, -0.2) is 0 Å². The molecule has 0 radical (unpaired) electrons. The van der Waals surface area contributed by atoms with Crippen LogP contribution in [0.25, 0.3) is 0 Å². The molecule has 0 atom stereocenters. The fourth-order valence-corrected chi connectivity index (χ4v) is 14.8. The first-order valence-electron chi connectivity index (χ1n) is 9.88. The fourth-order valence-electron chi connectivity index (χ4n) is 6.41. The summed E-state index contributed by atoms with van der Waals surface area (Å²) in [6, 6.07) is 0. The molecule has 0 aromatic heterocycles. The highest BCUT2D eigenvalue weighted by Gasteiger charge is 2.52. The molecule has 2 rings (SSSR count). The zero-order chi connectivity index (χ0) is 15.6. The van der Waals surface area contributed by atoms with Crippen molar-refractivity contribution in [2.75, 3.05) is 0 Å². The standard InChI is InChI=1S/C20H40Si/c1-15(2)21(16(3)4,19-11-7-17(5)8-12-19)20-13-9-18(6)10-14-20/h15-20H,7-14H2,1-6H3. The van der Waals surface area contributed by atoms with Gasteiger partial charge >= 0.3 is 0 Å². The summed E-state index contributed by atoms with van der Waals surface area (Å²) in [6.07, 6.45) is 12.3. The fraction of sp³-hybridized carbons (Fsp3) is 1.00. The molecular weight excluding hydrogens is 268 g/mol. The van der Waals surface area contributed by atoms with Gasteiger partial charge in [-0.3, -0.25) is 0 Å². The molecule has 0 aliphatic heterocycles. The van der Waals surface area contributed by atoms with Crippen LogP contribution >= 0.6 is 0 Å². The molecule has 2 aliphatic rings. The summed E-state index contributed by atoms with van der Waals surface area (Å²) in [4.78, 5) is 0. The van der Waals surface area contributed by atoms with E-state index in [0.29, 0.717) is 0 Å². The van der Waals surface area contributed by atoms with Gasteiger partial charge in [-0.2, -0.15) is 0 Å². The molecule has 0 spiro atoms. The van der Waals surface area contributed by atoms with Gasteiger partial charge in [-0.05, 0) is 22.9 Å². The highest BCUT2D eigenvalue weighted by molar-refractivity contribution is 6.85. The zero-order valence-electron chi connectivity index (χ0n) is 15.6. The van der Waals surface area contributed by atoms with E-state index in [9.17, 15) is 0 Å². The molecule has 0 bridgehead atoms. The minimum Gasteiger partial charge on any atom is -0.0651 e. The molecular formula is C20H40Si. The van der Waals surface area contributed by atoms with E-state index in [0.717, 1.165) is 34.0 Å². The van der Waals surface area contributed by atoms with Gasteiger partial charge in [0.15, 0.2) is 0 Å². The average Bonchev–Trinajstić information content (AvgIpc) is 2.43. The van der Waals surface area contributed by atoms with Crippen molar-refractivity contribution in [2.45, 2.75) is 115 Å². The third-order valence-corrected chi connectivity index (χ3v) is 15.4. The third kappa shape index (κ3) is 3.43. The molecule has 0 amide bonds. The van der Waals surface area contributed by atoms with Gasteiger partial charge in [-0.1, -0.05) is 104 Å².